The fraction of sp³-hybridized carbons (Fsp3) is 0.947. The summed E-state index contributed by atoms with van der Waals surface area (Å²) in [5.41, 5.74) is 0. The molecule has 1 atom stereocenters. The van der Waals surface area contributed by atoms with Crippen LogP contribution in [0.4, 0.5) is 0 Å². The van der Waals surface area contributed by atoms with Gasteiger partial charge in [-0.25, -0.2) is 0 Å². The van der Waals surface area contributed by atoms with E-state index < -0.39 is 0 Å². The molecular weight excluding hydrogens is 260 g/mol. The largest absolute Gasteiger partial charge is 0.465 e. The van der Waals surface area contributed by atoms with Crippen LogP contribution in [0.5, 0.6) is 0 Å². The van der Waals surface area contributed by atoms with E-state index in [1.165, 1.54) is 44.9 Å². The molecule has 0 fully saturated rings. The average Bonchev–Trinajstić information content (AvgIpc) is 2.49. The molecule has 0 rings (SSSR count). The number of unbranched alkanes of at least 4 members (excludes halogenated alkanes) is 8. The second-order valence-corrected chi connectivity index (χ2v) is 6.27. The van der Waals surface area contributed by atoms with Crippen LogP contribution in [0.15, 0.2) is 0 Å². The molecule has 2 nitrogen and oxygen atoms in total. The molecule has 0 aromatic heterocycles. The van der Waals surface area contributed by atoms with E-state index in [9.17, 15) is 4.79 Å². The highest BCUT2D eigenvalue weighted by Gasteiger charge is 2.18. The maximum atomic E-state index is 12.1. The van der Waals surface area contributed by atoms with Crippen molar-refractivity contribution in [3.63, 3.8) is 0 Å². The molecule has 0 bridgehead atoms. The molecule has 21 heavy (non-hydrogen) atoms. The summed E-state index contributed by atoms with van der Waals surface area (Å²) in [6, 6.07) is 0. The molecule has 0 aromatic rings. The Morgan fingerprint density at radius 1 is 0.714 bits per heavy atom. The fourth-order valence-corrected chi connectivity index (χ4v) is 2.61. The highest BCUT2D eigenvalue weighted by atomic mass is 16.5. The lowest BCUT2D eigenvalue weighted by Gasteiger charge is -2.15. The number of hydrogen-bond acceptors (Lipinski definition) is 2. The van der Waals surface area contributed by atoms with Crippen molar-refractivity contribution in [1.82, 2.24) is 0 Å². The molecule has 0 heterocycles. The van der Waals surface area contributed by atoms with Crippen LogP contribution < -0.4 is 0 Å². The second kappa shape index (κ2) is 15.9. The maximum absolute atomic E-state index is 12.1. The van der Waals surface area contributed by atoms with Gasteiger partial charge in [-0.2, -0.15) is 0 Å². The Morgan fingerprint density at radius 3 is 1.86 bits per heavy atom. The minimum absolute atomic E-state index is 0.0582. The van der Waals surface area contributed by atoms with Gasteiger partial charge in [-0.05, 0) is 19.3 Å². The summed E-state index contributed by atoms with van der Waals surface area (Å²) < 4.78 is 5.41. The molecular formula is C19H38O2. The van der Waals surface area contributed by atoms with E-state index in [1.807, 2.05) is 0 Å². The van der Waals surface area contributed by atoms with Crippen LogP contribution in [-0.4, -0.2) is 12.6 Å². The van der Waals surface area contributed by atoms with Crippen LogP contribution in [0.2, 0.25) is 0 Å². The lowest BCUT2D eigenvalue weighted by atomic mass is 9.95. The zero-order valence-electron chi connectivity index (χ0n) is 14.8. The van der Waals surface area contributed by atoms with Gasteiger partial charge in [-0.3, -0.25) is 4.79 Å². The van der Waals surface area contributed by atoms with E-state index >= 15 is 0 Å². The summed E-state index contributed by atoms with van der Waals surface area (Å²) >= 11 is 0. The smallest absolute Gasteiger partial charge is 0.308 e. The monoisotopic (exact) mass is 298 g/mol. The third-order valence-corrected chi connectivity index (χ3v) is 4.14. The Balaban J connectivity index is 3.81. The Labute approximate surface area is 133 Å². The molecule has 1 unspecified atom stereocenters. The first-order valence-electron chi connectivity index (χ1n) is 9.42. The maximum Gasteiger partial charge on any atom is 0.308 e. The van der Waals surface area contributed by atoms with E-state index in [4.69, 9.17) is 4.74 Å². The number of hydrogen-bond donors (Lipinski definition) is 0. The topological polar surface area (TPSA) is 26.3 Å². The first-order chi connectivity index (χ1) is 10.3. The quantitative estimate of drug-likeness (QED) is 0.263. The summed E-state index contributed by atoms with van der Waals surface area (Å²) in [5.74, 6) is 0.209. The third-order valence-electron chi connectivity index (χ3n) is 4.14. The molecule has 0 N–H and O–H groups in total. The van der Waals surface area contributed by atoms with Crippen molar-refractivity contribution in [2.75, 3.05) is 6.61 Å². The van der Waals surface area contributed by atoms with Gasteiger partial charge in [0.2, 0.25) is 0 Å². The summed E-state index contributed by atoms with van der Waals surface area (Å²) in [5, 5.41) is 0. The van der Waals surface area contributed by atoms with Gasteiger partial charge < -0.3 is 4.74 Å². The van der Waals surface area contributed by atoms with Crippen molar-refractivity contribution < 1.29 is 9.53 Å². The van der Waals surface area contributed by atoms with Crippen molar-refractivity contribution >= 4 is 5.97 Å². The lowest BCUT2D eigenvalue weighted by Crippen LogP contribution is -2.18. The Morgan fingerprint density at radius 2 is 1.24 bits per heavy atom. The molecule has 0 amide bonds. The van der Waals surface area contributed by atoms with Crippen LogP contribution in [0.1, 0.15) is 104 Å². The predicted octanol–water partition coefficient (Wildman–Crippen LogP) is 6.28. The van der Waals surface area contributed by atoms with Crippen molar-refractivity contribution in [3.05, 3.63) is 0 Å². The highest BCUT2D eigenvalue weighted by molar-refractivity contribution is 5.72. The van der Waals surface area contributed by atoms with Crippen LogP contribution in [0, 0.1) is 5.92 Å². The number of carbonyl (C=O) groups is 1. The molecule has 126 valence electrons. The Kier molecular flexibility index (Phi) is 15.5. The standard InChI is InChI=1S/C19H38O2/c1-4-7-10-11-12-13-14-16-18(15-8-5-2)19(20)21-17-9-6-3/h18H,4-17H2,1-3H3. The molecule has 0 saturated carbocycles. The summed E-state index contributed by atoms with van der Waals surface area (Å²) in [6.07, 6.45) is 15.6. The van der Waals surface area contributed by atoms with Crippen LogP contribution >= 0.6 is 0 Å². The SMILES string of the molecule is CCCCCCCCCC(CCCC)C(=O)OCCCC. The molecule has 0 aromatic carbocycles. The second-order valence-electron chi connectivity index (χ2n) is 6.27. The zero-order chi connectivity index (χ0) is 15.8. The summed E-state index contributed by atoms with van der Waals surface area (Å²) in [7, 11) is 0. The molecule has 2 heteroatoms. The molecule has 0 aliphatic carbocycles. The minimum Gasteiger partial charge on any atom is -0.465 e. The van der Waals surface area contributed by atoms with E-state index in [-0.39, 0.29) is 11.9 Å². The summed E-state index contributed by atoms with van der Waals surface area (Å²) in [4.78, 5) is 12.1. The summed E-state index contributed by atoms with van der Waals surface area (Å²) in [6.45, 7) is 7.17. The first-order valence-corrected chi connectivity index (χ1v) is 9.42. The average molecular weight is 299 g/mol. The zero-order valence-corrected chi connectivity index (χ0v) is 14.8. The number of rotatable bonds is 15. The van der Waals surface area contributed by atoms with Gasteiger partial charge in [-0.15, -0.1) is 0 Å². The predicted molar refractivity (Wildman–Crippen MR) is 91.5 cm³/mol. The van der Waals surface area contributed by atoms with Gasteiger partial charge in [0.1, 0.15) is 0 Å². The van der Waals surface area contributed by atoms with Gasteiger partial charge >= 0.3 is 5.97 Å². The van der Waals surface area contributed by atoms with E-state index in [0.717, 1.165) is 38.5 Å². The van der Waals surface area contributed by atoms with Crippen LogP contribution in [-0.2, 0) is 9.53 Å². The molecule has 0 aliphatic heterocycles. The van der Waals surface area contributed by atoms with E-state index in [2.05, 4.69) is 20.8 Å². The molecule has 0 saturated heterocycles. The molecule has 0 radical (unpaired) electrons. The normalized spacial score (nSPS) is 12.3. The van der Waals surface area contributed by atoms with Crippen LogP contribution in [0.25, 0.3) is 0 Å². The van der Waals surface area contributed by atoms with Crippen LogP contribution in [0.3, 0.4) is 0 Å². The van der Waals surface area contributed by atoms with Gasteiger partial charge in [0.05, 0.1) is 12.5 Å². The molecule has 0 aliphatic rings. The van der Waals surface area contributed by atoms with Crippen molar-refractivity contribution in [3.8, 4) is 0 Å². The van der Waals surface area contributed by atoms with Crippen molar-refractivity contribution in [1.29, 1.82) is 0 Å². The van der Waals surface area contributed by atoms with Gasteiger partial charge in [0.25, 0.3) is 0 Å². The number of carbonyl (C=O) groups excluding carboxylic acids is 1. The Bertz CT molecular complexity index is 226. The molecule has 0 spiro atoms. The lowest BCUT2D eigenvalue weighted by molar-refractivity contribution is -0.149. The first kappa shape index (κ1) is 20.5. The number of esters is 1. The van der Waals surface area contributed by atoms with Crippen molar-refractivity contribution in [2.45, 2.75) is 104 Å². The van der Waals surface area contributed by atoms with Gasteiger partial charge in [0.15, 0.2) is 0 Å². The van der Waals surface area contributed by atoms with Gasteiger partial charge in [0, 0.05) is 0 Å². The third kappa shape index (κ3) is 12.9. The fourth-order valence-electron chi connectivity index (χ4n) is 2.61. The highest BCUT2D eigenvalue weighted by Crippen LogP contribution is 2.19. The van der Waals surface area contributed by atoms with E-state index in [1.54, 1.807) is 0 Å². The van der Waals surface area contributed by atoms with E-state index in [0.29, 0.717) is 6.61 Å². The Hall–Kier alpha value is -0.530. The van der Waals surface area contributed by atoms with Gasteiger partial charge in [-0.1, -0.05) is 85.0 Å². The van der Waals surface area contributed by atoms with Crippen molar-refractivity contribution in [2.24, 2.45) is 5.92 Å². The number of ether oxygens (including phenoxy) is 1. The minimum atomic E-state index is 0.0582.